The second-order valence-corrected chi connectivity index (χ2v) is 31.5. The number of amidine groups is 11. The van der Waals surface area contributed by atoms with Crippen molar-refractivity contribution in [2.24, 2.45) is 115 Å². The Hall–Kier alpha value is -11.2. The van der Waals surface area contributed by atoms with Crippen molar-refractivity contribution in [3.63, 3.8) is 0 Å². The standard InChI is InChI=1S/C11H20N4.C9H19N3.3C7H14N2.C5H10N4.4C5H12N2.2C4H11N3.4C4H10N2.C3H9N3/c1-3-15(2)11(13-9-12)14-10-7-5-4-6-8-10;1-2-11-9(10)12-8-6-4-3-5-7-8;3*1-3-9(2)7(8)6-4-5-6;1-3-9(2)5(7)8-4-6;4*1-4-7(3)5(2)6;2*1-3-7(2)4(5)6;4*1-3-6-4(2)5;1-2-6-3(4)5/h10H,3-8H2,1-2H3,(H,13,14);8H,2-7H2,1H3,(H3,10,11,12);3*6,8H,3-5H2,1-2H3;3H2,1-2H3,(H2,7,8);4*6H,4H2,1-3H3;2*3H2,1-2H3,(H3,5,6);4*3H2,1-2H3,(H2,5,6);2H2,1H3,(H4,4,5,6). The van der Waals surface area contributed by atoms with Gasteiger partial charge in [-0.25, -0.2) is 4.99 Å². The first-order chi connectivity index (χ1) is 63.0. The van der Waals surface area contributed by atoms with Crippen molar-refractivity contribution in [3.8, 4) is 12.4 Å². The van der Waals surface area contributed by atoms with Crippen LogP contribution in [0.15, 0.2) is 39.9 Å². The summed E-state index contributed by atoms with van der Waals surface area (Å²) in [6.45, 7) is 62.6. The lowest BCUT2D eigenvalue weighted by Gasteiger charge is -2.22. The first-order valence-electron chi connectivity index (χ1n) is 48.1. The summed E-state index contributed by atoms with van der Waals surface area (Å²) in [5.41, 5.74) is 51.5. The fraction of sp³-hybridized carbons (Fsp3) is 0.796. The molecule has 0 unspecified atom stereocenters. The van der Waals surface area contributed by atoms with Crippen LogP contribution in [0.25, 0.3) is 0 Å². The molecule has 5 aliphatic carbocycles. The Kier molecular flexibility index (Phi) is 114. The number of hydrogen-bond acceptors (Lipinski definition) is 19. The van der Waals surface area contributed by atoms with E-state index in [1.54, 1.807) is 97.4 Å². The fourth-order valence-electron chi connectivity index (χ4n) is 8.77. The predicted molar refractivity (Wildman–Crippen MR) is 590 cm³/mol. The van der Waals surface area contributed by atoms with Gasteiger partial charge < -0.3 is 117 Å². The average Bonchev–Trinajstić information content (AvgIpc) is 1.76. The van der Waals surface area contributed by atoms with E-state index >= 15 is 0 Å². The summed E-state index contributed by atoms with van der Waals surface area (Å²) >= 11 is 0. The van der Waals surface area contributed by atoms with Crippen LogP contribution in [0.2, 0.25) is 0 Å². The fourth-order valence-corrected chi connectivity index (χ4v) is 8.77. The quantitative estimate of drug-likeness (QED) is 0.0207. The lowest BCUT2D eigenvalue weighted by Crippen LogP contribution is -2.41. The number of nitrogens with one attached hydrogen (secondary N) is 11. The van der Waals surface area contributed by atoms with Crippen molar-refractivity contribution in [1.29, 1.82) is 59.2 Å². The molecule has 0 aromatic rings. The third kappa shape index (κ3) is 117. The van der Waals surface area contributed by atoms with E-state index < -0.39 is 0 Å². The molecule has 792 valence electrons. The summed E-state index contributed by atoms with van der Waals surface area (Å²) in [5.74, 6) is 11.5. The van der Waals surface area contributed by atoms with Gasteiger partial charge in [0.2, 0.25) is 18.1 Å². The van der Waals surface area contributed by atoms with Gasteiger partial charge in [-0.05, 0) is 237 Å². The molecule has 0 spiro atoms. The van der Waals surface area contributed by atoms with Gasteiger partial charge >= 0.3 is 0 Å². The molecule has 5 rings (SSSR count). The van der Waals surface area contributed by atoms with E-state index in [0.29, 0.717) is 95.0 Å². The van der Waals surface area contributed by atoms with Crippen molar-refractivity contribution in [2.45, 2.75) is 288 Å². The average molecular weight is 1920 g/mol. The monoisotopic (exact) mass is 1920 g/mol. The van der Waals surface area contributed by atoms with Crippen LogP contribution >= 0.6 is 0 Å². The van der Waals surface area contributed by atoms with E-state index in [2.05, 4.69) is 78.3 Å². The van der Waals surface area contributed by atoms with Gasteiger partial charge in [-0.1, -0.05) is 38.5 Å². The molecule has 0 aromatic heterocycles. The minimum Gasteiger partial charge on any atom is -0.388 e. The molecule has 0 saturated heterocycles. The number of rotatable bonds is 22. The van der Waals surface area contributed by atoms with Crippen LogP contribution in [0, 0.1) is 89.3 Å². The zero-order chi connectivity index (χ0) is 108. The van der Waals surface area contributed by atoms with E-state index in [4.69, 9.17) is 117 Å². The molecule has 5 fully saturated rings. The van der Waals surface area contributed by atoms with Crippen molar-refractivity contribution in [3.05, 3.63) is 0 Å². The molecule has 0 aromatic carbocycles. The zero-order valence-electron chi connectivity index (χ0n) is 92.4. The Morgan fingerprint density at radius 2 is 0.541 bits per heavy atom. The summed E-state index contributed by atoms with van der Waals surface area (Å²) < 4.78 is 0. The molecule has 42 nitrogen and oxygen atoms in total. The van der Waals surface area contributed by atoms with Crippen LogP contribution in [0.5, 0.6) is 0 Å². The molecular formula is C93H210N42. The third-order valence-electron chi connectivity index (χ3n) is 19.7. The van der Waals surface area contributed by atoms with E-state index in [1.165, 1.54) is 89.9 Å². The maximum Gasteiger partial charge on any atom is 0.209 e. The lowest BCUT2D eigenvalue weighted by atomic mass is 9.96. The Bertz CT molecular complexity index is 2940. The Balaban J connectivity index is -0.000000120. The normalized spacial score (nSPS) is 13.2. The highest BCUT2D eigenvalue weighted by Gasteiger charge is 2.29. The maximum atomic E-state index is 8.64. The zero-order valence-corrected chi connectivity index (χ0v) is 92.4. The maximum absolute atomic E-state index is 8.64. The molecule has 0 heterocycles. The molecule has 0 radical (unpaired) electrons. The van der Waals surface area contributed by atoms with Gasteiger partial charge in [0.25, 0.3) is 0 Å². The van der Waals surface area contributed by atoms with E-state index in [0.717, 1.165) is 135 Å². The van der Waals surface area contributed by atoms with Crippen molar-refractivity contribution in [1.82, 2.24) is 64.5 Å². The Morgan fingerprint density at radius 3 is 0.689 bits per heavy atom. The molecule has 5 aliphatic rings. The van der Waals surface area contributed by atoms with Gasteiger partial charge in [0.15, 0.2) is 30.0 Å². The molecular weight excluding hydrogens is 1710 g/mol. The highest BCUT2D eigenvalue weighted by atomic mass is 15.3. The number of nitrogens with zero attached hydrogens (tertiary/aromatic N) is 21. The van der Waals surface area contributed by atoms with Crippen LogP contribution in [-0.4, -0.2) is 355 Å². The smallest absolute Gasteiger partial charge is 0.209 e. The number of nitriles is 2. The highest BCUT2D eigenvalue weighted by molar-refractivity contribution is 5.86. The molecule has 42 heteroatoms. The van der Waals surface area contributed by atoms with Crippen LogP contribution in [0.4, 0.5) is 0 Å². The van der Waals surface area contributed by atoms with Gasteiger partial charge in [0, 0.05) is 213 Å². The summed E-state index contributed by atoms with van der Waals surface area (Å²) in [7, 11) is 20.9. The van der Waals surface area contributed by atoms with E-state index in [9.17, 15) is 0 Å². The Labute approximate surface area is 823 Å². The number of hydrogen-bond donors (Lipinski definition) is 21. The first-order valence-corrected chi connectivity index (χ1v) is 48.1. The van der Waals surface area contributed by atoms with Gasteiger partial charge in [-0.3, -0.25) is 84.0 Å². The molecule has 5 saturated carbocycles. The third-order valence-corrected chi connectivity index (χ3v) is 19.7. The molecule has 135 heavy (non-hydrogen) atoms. The molecule has 0 atom stereocenters. The van der Waals surface area contributed by atoms with Gasteiger partial charge in [-0.2, -0.15) is 10.5 Å². The predicted octanol–water partition coefficient (Wildman–Crippen LogP) is 10.9. The number of guanidine groups is 6. The van der Waals surface area contributed by atoms with Crippen LogP contribution < -0.4 is 68.0 Å². The SMILES string of the molecule is CCN(C)C(=N)C1CC1.CCN(C)C(=N)C1CC1.CCN(C)C(=N)C1CC1.CCN(C)C(=N)N.CCN(C)C(=N)N.CCN(C)C(=NC1CCCCC1)NC#N.CCN(C)C(C)=N.CCN(C)C(C)=N.CCN(C)C(C)=N.CCN(C)C(C)=N.CCN(C)C(N)=NC#N.CCN=C(C)N.CCN=C(C)N.CCN=C(C)N.CCN=C(C)N.CCN=C(N)N.CCN=C(N)NC1CCCCC1. The molecule has 0 aliphatic heterocycles. The number of nitrogens with two attached hydrogens (primary N) is 10. The second kappa shape index (κ2) is 103. The van der Waals surface area contributed by atoms with Crippen LogP contribution in [0.1, 0.15) is 276 Å². The summed E-state index contributed by atoms with van der Waals surface area (Å²) in [5, 5.41) is 86.9. The van der Waals surface area contributed by atoms with Gasteiger partial charge in [-0.15, -0.1) is 4.99 Å². The van der Waals surface area contributed by atoms with Crippen molar-refractivity contribution < 1.29 is 0 Å². The summed E-state index contributed by atoms with van der Waals surface area (Å²) in [6.07, 6.45) is 23.7. The lowest BCUT2D eigenvalue weighted by molar-refractivity contribution is 0.412. The number of aliphatic imine (C=N–C) groups is 8. The van der Waals surface area contributed by atoms with Crippen LogP contribution in [0.3, 0.4) is 0 Å². The topological polar surface area (TPSA) is 681 Å². The van der Waals surface area contributed by atoms with E-state index in [1.807, 2.05) is 192 Å². The van der Waals surface area contributed by atoms with Gasteiger partial charge in [0.1, 0.15) is 0 Å². The summed E-state index contributed by atoms with van der Waals surface area (Å²) in [6, 6.07) is 0.984. The first kappa shape index (κ1) is 149. The highest BCUT2D eigenvalue weighted by Crippen LogP contribution is 2.32. The molecule has 0 bridgehead atoms. The minimum atomic E-state index is 0.127. The largest absolute Gasteiger partial charge is 0.388 e. The Morgan fingerprint density at radius 1 is 0.304 bits per heavy atom. The minimum absolute atomic E-state index is 0.127. The van der Waals surface area contributed by atoms with Crippen molar-refractivity contribution in [2.75, 3.05) is 189 Å². The van der Waals surface area contributed by atoms with E-state index in [-0.39, 0.29) is 23.8 Å². The second-order valence-electron chi connectivity index (χ2n) is 31.5. The van der Waals surface area contributed by atoms with Crippen LogP contribution in [-0.2, 0) is 0 Å². The molecule has 31 N–H and O–H groups in total. The van der Waals surface area contributed by atoms with Crippen molar-refractivity contribution >= 4 is 99.9 Å². The summed E-state index contributed by atoms with van der Waals surface area (Å²) in [4.78, 5) is 51.4. The van der Waals surface area contributed by atoms with Gasteiger partial charge in [0.05, 0.1) is 70.2 Å². The molecule has 0 amide bonds.